The Hall–Kier alpha value is -1.47. The Kier molecular flexibility index (Phi) is 5.86. The van der Waals surface area contributed by atoms with E-state index in [2.05, 4.69) is 19.2 Å². The molecule has 3 N–H and O–H groups in total. The van der Waals surface area contributed by atoms with Crippen molar-refractivity contribution in [1.29, 1.82) is 0 Å². The molecule has 1 amide bonds. The Labute approximate surface area is 124 Å². The first-order chi connectivity index (χ1) is 9.62. The highest BCUT2D eigenvalue weighted by Gasteiger charge is 2.19. The van der Waals surface area contributed by atoms with Crippen LogP contribution in [0.4, 0.5) is 4.39 Å². The Morgan fingerprint density at radius 2 is 2.00 bits per heavy atom. The molecule has 0 saturated carbocycles. The predicted molar refractivity (Wildman–Crippen MR) is 78.9 cm³/mol. The zero-order valence-electron chi connectivity index (χ0n) is 12.4. The number of aryl methyl sites for hydroxylation is 1. The quantitative estimate of drug-likeness (QED) is 0.786. The molecule has 7 heteroatoms. The molecular formula is C14H21FN2O3S. The van der Waals surface area contributed by atoms with Crippen LogP contribution in [0.25, 0.3) is 0 Å². The number of nitrogens with one attached hydrogen (secondary N) is 1. The number of primary sulfonamides is 1. The van der Waals surface area contributed by atoms with Gasteiger partial charge in [0, 0.05) is 6.54 Å². The van der Waals surface area contributed by atoms with Gasteiger partial charge < -0.3 is 5.32 Å². The maximum Gasteiger partial charge on any atom is 0.254 e. The molecule has 1 aromatic rings. The Balaban J connectivity index is 2.91. The van der Waals surface area contributed by atoms with Gasteiger partial charge in [-0.3, -0.25) is 4.79 Å². The average Bonchev–Trinajstić information content (AvgIpc) is 2.35. The molecule has 0 aliphatic carbocycles. The van der Waals surface area contributed by atoms with Crippen molar-refractivity contribution in [2.75, 3.05) is 6.54 Å². The summed E-state index contributed by atoms with van der Waals surface area (Å²) in [6.45, 7) is 5.94. The van der Waals surface area contributed by atoms with Gasteiger partial charge in [0.05, 0.1) is 10.5 Å². The number of hydrogen-bond acceptors (Lipinski definition) is 3. The molecule has 21 heavy (non-hydrogen) atoms. The van der Waals surface area contributed by atoms with Gasteiger partial charge in [-0.1, -0.05) is 13.8 Å². The van der Waals surface area contributed by atoms with Crippen molar-refractivity contribution in [3.63, 3.8) is 0 Å². The number of amides is 1. The molecule has 5 nitrogen and oxygen atoms in total. The lowest BCUT2D eigenvalue weighted by atomic mass is 10.1. The van der Waals surface area contributed by atoms with Gasteiger partial charge in [-0.05, 0) is 43.4 Å². The topological polar surface area (TPSA) is 89.3 Å². The molecule has 0 aliphatic rings. The highest BCUT2D eigenvalue weighted by molar-refractivity contribution is 7.89. The van der Waals surface area contributed by atoms with Gasteiger partial charge in [0.2, 0.25) is 10.0 Å². The average molecular weight is 316 g/mol. The number of rotatable bonds is 6. The highest BCUT2D eigenvalue weighted by Crippen LogP contribution is 2.18. The normalized spacial score (nSPS) is 11.7. The van der Waals surface area contributed by atoms with E-state index in [1.807, 2.05) is 0 Å². The maximum atomic E-state index is 14.0. The molecule has 0 atom stereocenters. The van der Waals surface area contributed by atoms with Crippen LogP contribution in [0, 0.1) is 18.7 Å². The largest absolute Gasteiger partial charge is 0.352 e. The van der Waals surface area contributed by atoms with Crippen LogP contribution in [-0.4, -0.2) is 20.9 Å². The van der Waals surface area contributed by atoms with Gasteiger partial charge in [0.15, 0.2) is 0 Å². The van der Waals surface area contributed by atoms with Crippen molar-refractivity contribution < 1.29 is 17.6 Å². The van der Waals surface area contributed by atoms with Gasteiger partial charge >= 0.3 is 0 Å². The van der Waals surface area contributed by atoms with Crippen molar-refractivity contribution in [2.24, 2.45) is 11.1 Å². The molecule has 0 unspecified atom stereocenters. The molecule has 0 radical (unpaired) electrons. The van der Waals surface area contributed by atoms with Crippen LogP contribution in [0.1, 0.15) is 42.6 Å². The summed E-state index contributed by atoms with van der Waals surface area (Å²) in [5.74, 6) is -0.847. The summed E-state index contributed by atoms with van der Waals surface area (Å²) in [4.78, 5) is 11.7. The summed E-state index contributed by atoms with van der Waals surface area (Å²) in [5, 5.41) is 7.60. The van der Waals surface area contributed by atoms with E-state index in [1.54, 1.807) is 0 Å². The minimum absolute atomic E-state index is 0.0638. The van der Waals surface area contributed by atoms with Gasteiger partial charge in [-0.15, -0.1) is 0 Å². The van der Waals surface area contributed by atoms with Crippen molar-refractivity contribution in [3.8, 4) is 0 Å². The zero-order valence-corrected chi connectivity index (χ0v) is 13.3. The molecule has 0 bridgehead atoms. The second kappa shape index (κ2) is 7.00. The number of benzene rings is 1. The lowest BCUT2D eigenvalue weighted by molar-refractivity contribution is 0.0948. The number of hydrogen-bond donors (Lipinski definition) is 2. The lowest BCUT2D eigenvalue weighted by Gasteiger charge is -2.10. The van der Waals surface area contributed by atoms with Gasteiger partial charge in [0.1, 0.15) is 5.82 Å². The molecule has 0 fully saturated rings. The van der Waals surface area contributed by atoms with Crippen LogP contribution in [0.2, 0.25) is 0 Å². The van der Waals surface area contributed by atoms with E-state index >= 15 is 0 Å². The second-order valence-electron chi connectivity index (χ2n) is 5.44. The van der Waals surface area contributed by atoms with E-state index < -0.39 is 21.7 Å². The third-order valence-electron chi connectivity index (χ3n) is 3.05. The summed E-state index contributed by atoms with van der Waals surface area (Å²) >= 11 is 0. The first kappa shape index (κ1) is 17.6. The molecule has 0 aromatic heterocycles. The molecule has 1 aromatic carbocycles. The fourth-order valence-corrected chi connectivity index (χ4v) is 2.50. The van der Waals surface area contributed by atoms with Crippen LogP contribution < -0.4 is 10.5 Å². The third kappa shape index (κ3) is 5.09. The predicted octanol–water partition coefficient (Wildman–Crippen LogP) is 1.95. The van der Waals surface area contributed by atoms with Crippen molar-refractivity contribution in [2.45, 2.75) is 38.5 Å². The van der Waals surface area contributed by atoms with Crippen LogP contribution >= 0.6 is 0 Å². The standard InChI is InChI=1S/C14H21FN2O3S/c1-9(2)5-4-6-17-14(18)12-8-11(21(16,19)20)7-10(3)13(12)15/h7-9H,4-6H2,1-3H3,(H,17,18)(H2,16,19,20). The molecule has 1 rings (SSSR count). The number of sulfonamides is 1. The molecule has 0 heterocycles. The van der Waals surface area contributed by atoms with Gasteiger partial charge in [0.25, 0.3) is 5.91 Å². The SMILES string of the molecule is Cc1cc(S(N)(=O)=O)cc(C(=O)NCCCC(C)C)c1F. The van der Waals surface area contributed by atoms with E-state index in [-0.39, 0.29) is 16.0 Å². The smallest absolute Gasteiger partial charge is 0.254 e. The number of nitrogens with two attached hydrogens (primary N) is 1. The molecule has 118 valence electrons. The van der Waals surface area contributed by atoms with Gasteiger partial charge in [-0.2, -0.15) is 0 Å². The van der Waals surface area contributed by atoms with Crippen LogP contribution in [-0.2, 0) is 10.0 Å². The second-order valence-corrected chi connectivity index (χ2v) is 7.00. The van der Waals surface area contributed by atoms with Gasteiger partial charge in [-0.25, -0.2) is 17.9 Å². The lowest BCUT2D eigenvalue weighted by Crippen LogP contribution is -2.26. The Bertz CT molecular complexity index is 627. The highest BCUT2D eigenvalue weighted by atomic mass is 32.2. The number of carbonyl (C=O) groups is 1. The van der Waals surface area contributed by atoms with Crippen molar-refractivity contribution >= 4 is 15.9 Å². The van der Waals surface area contributed by atoms with E-state index in [4.69, 9.17) is 5.14 Å². The minimum Gasteiger partial charge on any atom is -0.352 e. The van der Waals surface area contributed by atoms with Crippen LogP contribution in [0.15, 0.2) is 17.0 Å². The summed E-state index contributed by atoms with van der Waals surface area (Å²) in [5.41, 5.74) is -0.238. The van der Waals surface area contributed by atoms with E-state index in [9.17, 15) is 17.6 Å². The molecule has 0 aliphatic heterocycles. The van der Waals surface area contributed by atoms with Crippen LogP contribution in [0.3, 0.4) is 0 Å². The monoisotopic (exact) mass is 316 g/mol. The minimum atomic E-state index is -3.98. The van der Waals surface area contributed by atoms with Crippen LogP contribution in [0.5, 0.6) is 0 Å². The fourth-order valence-electron chi connectivity index (χ4n) is 1.87. The maximum absolute atomic E-state index is 14.0. The summed E-state index contributed by atoms with van der Waals surface area (Å²) < 4.78 is 36.6. The Morgan fingerprint density at radius 3 is 2.52 bits per heavy atom. The summed E-state index contributed by atoms with van der Waals surface area (Å²) in [6, 6.07) is 2.08. The van der Waals surface area contributed by atoms with E-state index in [0.29, 0.717) is 12.5 Å². The number of carbonyl (C=O) groups excluding carboxylic acids is 1. The van der Waals surface area contributed by atoms with E-state index in [1.165, 1.54) is 6.92 Å². The number of halogens is 1. The first-order valence-electron chi connectivity index (χ1n) is 6.74. The zero-order chi connectivity index (χ0) is 16.2. The molecular weight excluding hydrogens is 295 g/mol. The van der Waals surface area contributed by atoms with Crippen molar-refractivity contribution in [3.05, 3.63) is 29.1 Å². The van der Waals surface area contributed by atoms with E-state index in [0.717, 1.165) is 25.0 Å². The first-order valence-corrected chi connectivity index (χ1v) is 8.28. The summed E-state index contributed by atoms with van der Waals surface area (Å²) in [7, 11) is -3.98. The molecule has 0 saturated heterocycles. The Morgan fingerprint density at radius 1 is 1.38 bits per heavy atom. The molecule has 0 spiro atoms. The van der Waals surface area contributed by atoms with Crippen molar-refractivity contribution in [1.82, 2.24) is 5.32 Å². The summed E-state index contributed by atoms with van der Waals surface area (Å²) in [6.07, 6.45) is 1.72. The fraction of sp³-hybridized carbons (Fsp3) is 0.500. The third-order valence-corrected chi connectivity index (χ3v) is 3.94.